The van der Waals surface area contributed by atoms with Gasteiger partial charge in [-0.05, 0) is 45.5 Å². The third kappa shape index (κ3) is 14.5. The predicted molar refractivity (Wildman–Crippen MR) is 276 cm³/mol. The van der Waals surface area contributed by atoms with Crippen LogP contribution in [0.4, 0.5) is 0 Å². The number of benzene rings is 7. The Bertz CT molecular complexity index is 2630. The smallest absolute Gasteiger partial charge is 0.338 e. The number of carbonyl (C=O) groups excluding carboxylic acids is 1. The van der Waals surface area contributed by atoms with E-state index in [0.717, 1.165) is 33.4 Å². The highest BCUT2D eigenvalue weighted by molar-refractivity contribution is 5.89. The molecule has 0 aromatic heterocycles. The summed E-state index contributed by atoms with van der Waals surface area (Å²) in [7, 11) is 1.60. The Morgan fingerprint density at radius 2 is 0.740 bits per heavy atom. The van der Waals surface area contributed by atoms with Crippen LogP contribution in [-0.4, -0.2) is 81.4 Å². The summed E-state index contributed by atoms with van der Waals surface area (Å²) in [6.07, 6.45) is -7.93. The highest BCUT2D eigenvalue weighted by Crippen LogP contribution is 2.42. The van der Waals surface area contributed by atoms with Crippen molar-refractivity contribution in [2.45, 2.75) is 94.8 Å². The Hall–Kier alpha value is -6.35. The fraction of sp³-hybridized carbons (Fsp3) is 0.306. The number of hydrogen-bond acceptors (Lipinski definition) is 11. The van der Waals surface area contributed by atoms with Gasteiger partial charge in [0.1, 0.15) is 30.5 Å². The van der Waals surface area contributed by atoms with Gasteiger partial charge in [-0.15, -0.1) is 0 Å². The Labute approximate surface area is 428 Å². The van der Waals surface area contributed by atoms with Crippen molar-refractivity contribution in [1.29, 1.82) is 0 Å². The van der Waals surface area contributed by atoms with Crippen LogP contribution in [-0.2, 0) is 87.0 Å². The van der Waals surface area contributed by atoms with Crippen molar-refractivity contribution in [3.05, 3.63) is 251 Å². The predicted octanol–water partition coefficient (Wildman–Crippen LogP) is 10.7. The average molecular weight is 985 g/mol. The van der Waals surface area contributed by atoms with Gasteiger partial charge < -0.3 is 47.4 Å². The van der Waals surface area contributed by atoms with Crippen LogP contribution in [0, 0.1) is 5.92 Å². The number of methoxy groups -OCH3 is 1. The molecule has 11 heteroatoms. The van der Waals surface area contributed by atoms with Crippen molar-refractivity contribution < 1.29 is 52.2 Å². The Kier molecular flexibility index (Phi) is 19.1. The van der Waals surface area contributed by atoms with E-state index in [1.165, 1.54) is 0 Å². The maximum Gasteiger partial charge on any atom is 0.338 e. The van der Waals surface area contributed by atoms with Gasteiger partial charge in [-0.3, -0.25) is 0 Å². The van der Waals surface area contributed by atoms with Crippen molar-refractivity contribution in [2.75, 3.05) is 20.3 Å². The summed E-state index contributed by atoms with van der Waals surface area (Å²) in [5, 5.41) is 0. The lowest BCUT2D eigenvalue weighted by Crippen LogP contribution is -2.69. The fourth-order valence-electron chi connectivity index (χ4n) is 9.52. The number of rotatable bonds is 24. The molecule has 0 amide bonds. The van der Waals surface area contributed by atoms with Gasteiger partial charge in [0.2, 0.25) is 0 Å². The second kappa shape index (κ2) is 27.1. The molecule has 0 spiro atoms. The highest BCUT2D eigenvalue weighted by atomic mass is 16.7. The van der Waals surface area contributed by atoms with Gasteiger partial charge in [-0.25, -0.2) is 4.79 Å². The summed E-state index contributed by atoms with van der Waals surface area (Å²) >= 11 is 0. The van der Waals surface area contributed by atoms with Gasteiger partial charge in [0.05, 0.1) is 70.6 Å². The summed E-state index contributed by atoms with van der Waals surface area (Å²) < 4.78 is 69.1. The van der Waals surface area contributed by atoms with Gasteiger partial charge in [-0.2, -0.15) is 0 Å². The van der Waals surface area contributed by atoms with E-state index in [1.807, 2.05) is 200 Å². The molecule has 1 unspecified atom stereocenters. The lowest BCUT2D eigenvalue weighted by Gasteiger charge is -2.53. The monoisotopic (exact) mass is 984 g/mol. The molecule has 2 fully saturated rings. The third-order valence-electron chi connectivity index (χ3n) is 13.2. The minimum atomic E-state index is -1.12. The molecule has 378 valence electrons. The molecule has 2 saturated heterocycles. The van der Waals surface area contributed by atoms with E-state index >= 15 is 0 Å². The van der Waals surface area contributed by atoms with Gasteiger partial charge in [0, 0.05) is 13.0 Å². The SMILES string of the molecule is CO[C@H]1O[C@H](COCc2ccccc2)C([C@H]2O[C@H](COCc3ccccc3)[C@@H](OCc3ccccc3)[C@H](OCc3ccccc3)[C@@H]2OC(=O)c2ccccc2)[C@H](OCc2ccccc2)[C@H]1OCc1ccccc1. The molecule has 0 bridgehead atoms. The van der Waals surface area contributed by atoms with Crippen LogP contribution in [0.5, 0.6) is 0 Å². The van der Waals surface area contributed by atoms with Crippen LogP contribution in [0.3, 0.4) is 0 Å². The molecule has 7 aromatic carbocycles. The van der Waals surface area contributed by atoms with E-state index in [0.29, 0.717) is 18.8 Å². The third-order valence-corrected chi connectivity index (χ3v) is 13.2. The number of ether oxygens (including phenoxy) is 10. The van der Waals surface area contributed by atoms with E-state index in [9.17, 15) is 4.79 Å². The minimum absolute atomic E-state index is 0.0912. The van der Waals surface area contributed by atoms with Gasteiger partial charge in [-0.1, -0.05) is 200 Å². The number of hydrogen-bond donors (Lipinski definition) is 0. The van der Waals surface area contributed by atoms with Gasteiger partial charge in [0.15, 0.2) is 12.4 Å². The lowest BCUT2D eigenvalue weighted by molar-refractivity contribution is -0.340. The van der Waals surface area contributed by atoms with Crippen LogP contribution >= 0.6 is 0 Å². The van der Waals surface area contributed by atoms with Crippen molar-refractivity contribution in [3.63, 3.8) is 0 Å². The zero-order valence-corrected chi connectivity index (χ0v) is 41.1. The highest BCUT2D eigenvalue weighted by Gasteiger charge is 2.59. The molecule has 0 saturated carbocycles. The molecule has 7 aromatic rings. The van der Waals surface area contributed by atoms with Crippen LogP contribution < -0.4 is 0 Å². The van der Waals surface area contributed by atoms with Crippen LogP contribution in [0.25, 0.3) is 0 Å². The topological polar surface area (TPSA) is 109 Å². The second-order valence-corrected chi connectivity index (χ2v) is 18.3. The van der Waals surface area contributed by atoms with Crippen LogP contribution in [0.15, 0.2) is 212 Å². The lowest BCUT2D eigenvalue weighted by atomic mass is 9.78. The Morgan fingerprint density at radius 1 is 0.384 bits per heavy atom. The van der Waals surface area contributed by atoms with Crippen molar-refractivity contribution in [3.8, 4) is 0 Å². The molecule has 2 aliphatic rings. The van der Waals surface area contributed by atoms with E-state index < -0.39 is 67.0 Å². The van der Waals surface area contributed by atoms with Crippen molar-refractivity contribution in [2.24, 2.45) is 5.92 Å². The summed E-state index contributed by atoms with van der Waals surface area (Å²) in [5.74, 6) is -1.31. The molecular weight excluding hydrogens is 921 g/mol. The molecule has 10 atom stereocenters. The molecule has 0 radical (unpaired) electrons. The minimum Gasteiger partial charge on any atom is -0.453 e. The van der Waals surface area contributed by atoms with Crippen molar-refractivity contribution in [1.82, 2.24) is 0 Å². The van der Waals surface area contributed by atoms with E-state index in [2.05, 4.69) is 0 Å². The first-order valence-electron chi connectivity index (χ1n) is 25.0. The number of carbonyl (C=O) groups is 1. The first-order valence-corrected chi connectivity index (χ1v) is 25.0. The van der Waals surface area contributed by atoms with Crippen LogP contribution in [0.2, 0.25) is 0 Å². The van der Waals surface area contributed by atoms with E-state index in [1.54, 1.807) is 19.2 Å². The standard InChI is InChI=1S/C62H64O11/c1-64-62-60(70-42-50-33-19-7-20-34-50)56(68-40-48-29-15-5-16-30-48)54(52(72-62)43-65-37-45-23-9-2-10-24-45)57-59(73-61(63)51-35-21-8-22-36-51)58(69-41-49-31-17-6-18-32-49)55(67-39-47-27-13-4-14-28-47)53(71-57)44-66-38-46-25-11-3-12-26-46/h2-36,52-60,62H,37-44H2,1H3/t52-,53-,54?,55-,56+,57-,58+,59-,60-,62+/m1/s1. The summed E-state index contributed by atoms with van der Waals surface area (Å²) in [6, 6.07) is 68.7. The van der Waals surface area contributed by atoms with E-state index in [-0.39, 0.29) is 39.6 Å². The summed E-state index contributed by atoms with van der Waals surface area (Å²) in [4.78, 5) is 14.8. The Morgan fingerprint density at radius 3 is 1.16 bits per heavy atom. The average Bonchev–Trinajstić information content (AvgIpc) is 3.45. The zero-order chi connectivity index (χ0) is 49.9. The maximum absolute atomic E-state index is 14.8. The molecule has 9 rings (SSSR count). The normalized spacial score (nSPS) is 23.9. The Balaban J connectivity index is 1.17. The van der Waals surface area contributed by atoms with E-state index in [4.69, 9.17) is 47.4 Å². The summed E-state index contributed by atoms with van der Waals surface area (Å²) in [6.45, 7) is 1.64. The number of esters is 1. The molecule has 11 nitrogen and oxygen atoms in total. The molecule has 2 aliphatic heterocycles. The molecule has 73 heavy (non-hydrogen) atoms. The van der Waals surface area contributed by atoms with Crippen LogP contribution in [0.1, 0.15) is 43.7 Å². The molecule has 2 heterocycles. The summed E-state index contributed by atoms with van der Waals surface area (Å²) in [5.41, 5.74) is 6.12. The fourth-order valence-corrected chi connectivity index (χ4v) is 9.52. The quantitative estimate of drug-likeness (QED) is 0.0540. The first-order chi connectivity index (χ1) is 36.1. The second-order valence-electron chi connectivity index (χ2n) is 18.3. The molecule has 0 N–H and O–H groups in total. The largest absolute Gasteiger partial charge is 0.453 e. The maximum atomic E-state index is 14.8. The van der Waals surface area contributed by atoms with Gasteiger partial charge >= 0.3 is 5.97 Å². The first kappa shape index (κ1) is 51.5. The van der Waals surface area contributed by atoms with Gasteiger partial charge in [0.25, 0.3) is 0 Å². The molecular formula is C62H64O11. The van der Waals surface area contributed by atoms with Crippen molar-refractivity contribution >= 4 is 5.97 Å². The zero-order valence-electron chi connectivity index (χ0n) is 41.1. The molecule has 0 aliphatic carbocycles.